The Balaban J connectivity index is 1.48. The van der Waals surface area contributed by atoms with Gasteiger partial charge in [0.25, 0.3) is 0 Å². The van der Waals surface area contributed by atoms with Gasteiger partial charge in [-0.2, -0.15) is 4.98 Å². The van der Waals surface area contributed by atoms with Crippen molar-refractivity contribution < 1.29 is 13.7 Å². The lowest BCUT2D eigenvalue weighted by molar-refractivity contribution is 0.193. The van der Waals surface area contributed by atoms with Crippen LogP contribution in [0.5, 0.6) is 0 Å². The van der Waals surface area contributed by atoms with Gasteiger partial charge in [0.1, 0.15) is 11.9 Å². The molecule has 0 aliphatic carbocycles. The molecule has 2 amide bonds. The van der Waals surface area contributed by atoms with E-state index in [0.717, 1.165) is 23.4 Å². The lowest BCUT2D eigenvalue weighted by Gasteiger charge is -2.22. The molecule has 144 valence electrons. The highest BCUT2D eigenvalue weighted by Crippen LogP contribution is 2.32. The van der Waals surface area contributed by atoms with Crippen LogP contribution in [0.2, 0.25) is 0 Å². The summed E-state index contributed by atoms with van der Waals surface area (Å²) in [6.45, 7) is 0.619. The second-order valence-corrected chi connectivity index (χ2v) is 7.35. The van der Waals surface area contributed by atoms with Gasteiger partial charge in [-0.15, -0.1) is 11.8 Å². The van der Waals surface area contributed by atoms with Crippen LogP contribution >= 0.6 is 11.8 Å². The largest absolute Gasteiger partial charge is 0.337 e. The van der Waals surface area contributed by atoms with Gasteiger partial charge in [-0.05, 0) is 67.6 Å². The number of anilines is 1. The van der Waals surface area contributed by atoms with Gasteiger partial charge in [0.15, 0.2) is 0 Å². The molecule has 3 aromatic rings. The van der Waals surface area contributed by atoms with Crippen molar-refractivity contribution in [3.63, 3.8) is 0 Å². The number of hydrogen-bond donors (Lipinski definition) is 1. The summed E-state index contributed by atoms with van der Waals surface area (Å²) >= 11 is 1.65. The highest BCUT2D eigenvalue weighted by Gasteiger charge is 2.34. The molecule has 6 nitrogen and oxygen atoms in total. The zero-order chi connectivity index (χ0) is 19.5. The van der Waals surface area contributed by atoms with Crippen molar-refractivity contribution in [2.45, 2.75) is 23.8 Å². The van der Waals surface area contributed by atoms with E-state index in [1.807, 2.05) is 30.5 Å². The highest BCUT2D eigenvalue weighted by atomic mass is 32.2. The predicted molar refractivity (Wildman–Crippen MR) is 106 cm³/mol. The maximum Gasteiger partial charge on any atom is 0.322 e. The standard InChI is InChI=1S/C20H19FN4O2S/c1-28-16-10-8-15(9-11-16)22-20(26)25-12-2-3-17(25)19-23-18(24-27-19)13-4-6-14(21)7-5-13/h4-11,17H,2-3,12H2,1H3,(H,22,26). The van der Waals surface area contributed by atoms with E-state index in [4.69, 9.17) is 4.52 Å². The highest BCUT2D eigenvalue weighted by molar-refractivity contribution is 7.98. The number of nitrogens with one attached hydrogen (secondary N) is 1. The molecule has 0 bridgehead atoms. The van der Waals surface area contributed by atoms with Gasteiger partial charge < -0.3 is 14.7 Å². The van der Waals surface area contributed by atoms with E-state index in [1.54, 1.807) is 28.8 Å². The Bertz CT molecular complexity index is 959. The molecule has 28 heavy (non-hydrogen) atoms. The number of amides is 2. The molecule has 1 saturated heterocycles. The van der Waals surface area contributed by atoms with Gasteiger partial charge in [-0.1, -0.05) is 5.16 Å². The van der Waals surface area contributed by atoms with Crippen LogP contribution < -0.4 is 5.32 Å². The van der Waals surface area contributed by atoms with E-state index in [-0.39, 0.29) is 17.9 Å². The minimum atomic E-state index is -0.323. The Labute approximate surface area is 166 Å². The minimum Gasteiger partial charge on any atom is -0.337 e. The second kappa shape index (κ2) is 8.02. The van der Waals surface area contributed by atoms with Crippen molar-refractivity contribution in [3.05, 3.63) is 60.2 Å². The summed E-state index contributed by atoms with van der Waals surface area (Å²) in [6, 6.07) is 13.1. The molecule has 0 radical (unpaired) electrons. The molecule has 1 N–H and O–H groups in total. The topological polar surface area (TPSA) is 71.3 Å². The van der Waals surface area contributed by atoms with Crippen LogP contribution in [-0.4, -0.2) is 33.9 Å². The first kappa shape index (κ1) is 18.5. The third kappa shape index (κ3) is 3.87. The summed E-state index contributed by atoms with van der Waals surface area (Å²) in [7, 11) is 0. The average molecular weight is 398 g/mol. The molecule has 1 atom stereocenters. The van der Waals surface area contributed by atoms with Crippen LogP contribution in [0.25, 0.3) is 11.4 Å². The normalized spacial score (nSPS) is 16.4. The molecule has 1 fully saturated rings. The summed E-state index contributed by atoms with van der Waals surface area (Å²) < 4.78 is 18.5. The first-order valence-corrected chi connectivity index (χ1v) is 10.2. The van der Waals surface area contributed by atoms with Crippen LogP contribution in [0.15, 0.2) is 57.9 Å². The second-order valence-electron chi connectivity index (χ2n) is 6.47. The van der Waals surface area contributed by atoms with Crippen LogP contribution in [0.1, 0.15) is 24.8 Å². The Morgan fingerprint density at radius 1 is 1.21 bits per heavy atom. The van der Waals surface area contributed by atoms with Crippen molar-refractivity contribution in [1.82, 2.24) is 15.0 Å². The summed E-state index contributed by atoms with van der Waals surface area (Å²) in [5, 5.41) is 6.91. The van der Waals surface area contributed by atoms with Gasteiger partial charge in [-0.25, -0.2) is 9.18 Å². The Kier molecular flexibility index (Phi) is 5.29. The zero-order valence-electron chi connectivity index (χ0n) is 15.3. The monoisotopic (exact) mass is 398 g/mol. The van der Waals surface area contributed by atoms with Crippen LogP contribution in [0.4, 0.5) is 14.9 Å². The molecular weight excluding hydrogens is 379 g/mol. The molecule has 1 aliphatic rings. The first-order chi connectivity index (χ1) is 13.6. The van der Waals surface area contributed by atoms with Crippen molar-refractivity contribution in [3.8, 4) is 11.4 Å². The van der Waals surface area contributed by atoms with Gasteiger partial charge in [0.2, 0.25) is 11.7 Å². The van der Waals surface area contributed by atoms with E-state index in [0.29, 0.717) is 23.8 Å². The fourth-order valence-electron chi connectivity index (χ4n) is 3.22. The zero-order valence-corrected chi connectivity index (χ0v) is 16.1. The summed E-state index contributed by atoms with van der Waals surface area (Å²) in [6.07, 6.45) is 3.62. The van der Waals surface area contributed by atoms with Crippen molar-refractivity contribution >= 4 is 23.5 Å². The third-order valence-electron chi connectivity index (χ3n) is 4.68. The predicted octanol–water partition coefficient (Wildman–Crippen LogP) is 4.97. The Hall–Kier alpha value is -2.87. The van der Waals surface area contributed by atoms with Gasteiger partial charge in [0.05, 0.1) is 0 Å². The molecule has 1 aliphatic heterocycles. The third-order valence-corrected chi connectivity index (χ3v) is 5.43. The first-order valence-electron chi connectivity index (χ1n) is 8.95. The molecular formula is C20H19FN4O2S. The van der Waals surface area contributed by atoms with Crippen molar-refractivity contribution in [2.24, 2.45) is 0 Å². The lowest BCUT2D eigenvalue weighted by Crippen LogP contribution is -2.34. The quantitative estimate of drug-likeness (QED) is 0.629. The number of aromatic nitrogens is 2. The summed E-state index contributed by atoms with van der Waals surface area (Å²) in [5.41, 5.74) is 1.41. The van der Waals surface area contributed by atoms with E-state index in [2.05, 4.69) is 15.5 Å². The summed E-state index contributed by atoms with van der Waals surface area (Å²) in [5.74, 6) is 0.455. The van der Waals surface area contributed by atoms with Crippen LogP contribution in [0.3, 0.4) is 0 Å². The smallest absolute Gasteiger partial charge is 0.322 e. The van der Waals surface area contributed by atoms with Crippen molar-refractivity contribution in [1.29, 1.82) is 0 Å². The Morgan fingerprint density at radius 2 is 1.96 bits per heavy atom. The number of halogens is 1. The maximum atomic E-state index is 13.1. The van der Waals surface area contributed by atoms with Crippen LogP contribution in [0, 0.1) is 5.82 Å². The van der Waals surface area contributed by atoms with Crippen molar-refractivity contribution in [2.75, 3.05) is 18.1 Å². The van der Waals surface area contributed by atoms with E-state index < -0.39 is 0 Å². The van der Waals surface area contributed by atoms with Gasteiger partial charge in [-0.3, -0.25) is 0 Å². The van der Waals surface area contributed by atoms with Gasteiger partial charge >= 0.3 is 6.03 Å². The number of thioether (sulfide) groups is 1. The number of likely N-dealkylation sites (tertiary alicyclic amines) is 1. The Morgan fingerprint density at radius 3 is 2.68 bits per heavy atom. The van der Waals surface area contributed by atoms with Gasteiger partial charge in [0, 0.05) is 22.7 Å². The fraction of sp³-hybridized carbons (Fsp3) is 0.250. The molecule has 0 saturated carbocycles. The molecule has 2 heterocycles. The molecule has 1 aromatic heterocycles. The average Bonchev–Trinajstić information content (AvgIpc) is 3.38. The molecule has 8 heteroatoms. The van der Waals surface area contributed by atoms with E-state index >= 15 is 0 Å². The number of rotatable bonds is 4. The molecule has 1 unspecified atom stereocenters. The number of hydrogen-bond acceptors (Lipinski definition) is 5. The van der Waals surface area contributed by atoms with E-state index in [1.165, 1.54) is 12.1 Å². The number of carbonyl (C=O) groups is 1. The summed E-state index contributed by atoms with van der Waals surface area (Å²) in [4.78, 5) is 20.0. The number of carbonyl (C=O) groups excluding carboxylic acids is 1. The number of nitrogens with zero attached hydrogens (tertiary/aromatic N) is 3. The van der Waals surface area contributed by atoms with Crippen LogP contribution in [-0.2, 0) is 0 Å². The van der Waals surface area contributed by atoms with E-state index in [9.17, 15) is 9.18 Å². The number of urea groups is 1. The fourth-order valence-corrected chi connectivity index (χ4v) is 3.63. The minimum absolute atomic E-state index is 0.194. The molecule has 0 spiro atoms. The lowest BCUT2D eigenvalue weighted by atomic mass is 10.2. The molecule has 4 rings (SSSR count). The number of benzene rings is 2. The molecule has 2 aromatic carbocycles. The SMILES string of the molecule is CSc1ccc(NC(=O)N2CCCC2c2nc(-c3ccc(F)cc3)no2)cc1. The maximum absolute atomic E-state index is 13.1.